The van der Waals surface area contributed by atoms with Gasteiger partial charge in [0.2, 0.25) is 0 Å². The van der Waals surface area contributed by atoms with Gasteiger partial charge in [-0.05, 0) is 50.2 Å². The maximum atomic E-state index is 13.1. The first-order chi connectivity index (χ1) is 13.5. The third-order valence-corrected chi connectivity index (χ3v) is 5.00. The summed E-state index contributed by atoms with van der Waals surface area (Å²) in [5.74, 6) is -0.600. The van der Waals surface area contributed by atoms with E-state index in [0.717, 1.165) is 5.69 Å². The summed E-state index contributed by atoms with van der Waals surface area (Å²) in [5.41, 5.74) is 1.52. The molecule has 0 spiro atoms. The van der Waals surface area contributed by atoms with Crippen LogP contribution in [0.25, 0.3) is 0 Å². The highest BCUT2D eigenvalue weighted by Gasteiger charge is 2.24. The van der Waals surface area contributed by atoms with E-state index < -0.39 is 0 Å². The molecule has 1 aromatic heterocycles. The second kappa shape index (κ2) is 8.82. The monoisotopic (exact) mass is 384 g/mol. The summed E-state index contributed by atoms with van der Waals surface area (Å²) in [4.78, 5) is 35.2. The van der Waals surface area contributed by atoms with Crippen molar-refractivity contribution < 1.29 is 14.0 Å². The minimum atomic E-state index is -0.261. The molecule has 1 fully saturated rings. The van der Waals surface area contributed by atoms with Crippen LogP contribution in [-0.2, 0) is 0 Å². The number of pyridine rings is 1. The van der Waals surface area contributed by atoms with Gasteiger partial charge >= 0.3 is 0 Å². The number of halogens is 1. The van der Waals surface area contributed by atoms with Gasteiger partial charge in [-0.3, -0.25) is 9.59 Å². The fourth-order valence-electron chi connectivity index (χ4n) is 3.33. The Balaban J connectivity index is 1.66. The summed E-state index contributed by atoms with van der Waals surface area (Å²) in [6, 6.07) is 11.4. The Morgan fingerprint density at radius 2 is 1.57 bits per heavy atom. The molecule has 0 radical (unpaired) electrons. The molecular formula is C21H25FN4O2. The van der Waals surface area contributed by atoms with Crippen LogP contribution >= 0.6 is 0 Å². The second-order valence-electron chi connectivity index (χ2n) is 6.64. The fraction of sp³-hybridized carbons (Fsp3) is 0.381. The number of amides is 2. The average Bonchev–Trinajstić information content (AvgIpc) is 2.75. The van der Waals surface area contributed by atoms with Gasteiger partial charge < -0.3 is 14.7 Å². The normalized spacial score (nSPS) is 14.1. The number of piperazine rings is 1. The quantitative estimate of drug-likeness (QED) is 0.795. The standard InChI is InChI=1S/C21H25FN4O2/c1-3-24(4-2)20(27)18-6-5-7-19(23-18)21(28)26-14-12-25(13-15-26)17-10-8-16(22)9-11-17/h5-11H,3-4,12-15H2,1-2H3. The first-order valence-electron chi connectivity index (χ1n) is 9.59. The molecule has 6 nitrogen and oxygen atoms in total. The SMILES string of the molecule is CCN(CC)C(=O)c1cccc(C(=O)N2CCN(c3ccc(F)cc3)CC2)n1. The number of benzene rings is 1. The van der Waals surface area contributed by atoms with Gasteiger partial charge in [-0.15, -0.1) is 0 Å². The van der Waals surface area contributed by atoms with Crippen LogP contribution in [0.5, 0.6) is 0 Å². The van der Waals surface area contributed by atoms with E-state index in [2.05, 4.69) is 9.88 Å². The molecule has 2 heterocycles. The summed E-state index contributed by atoms with van der Waals surface area (Å²) in [5, 5.41) is 0. The summed E-state index contributed by atoms with van der Waals surface area (Å²) in [6.45, 7) is 7.44. The van der Waals surface area contributed by atoms with E-state index in [9.17, 15) is 14.0 Å². The minimum absolute atomic E-state index is 0.166. The van der Waals surface area contributed by atoms with Crippen molar-refractivity contribution in [2.75, 3.05) is 44.2 Å². The molecule has 0 N–H and O–H groups in total. The van der Waals surface area contributed by atoms with E-state index in [1.165, 1.54) is 12.1 Å². The number of anilines is 1. The summed E-state index contributed by atoms with van der Waals surface area (Å²) in [6.07, 6.45) is 0. The molecule has 0 bridgehead atoms. The molecular weight excluding hydrogens is 359 g/mol. The van der Waals surface area contributed by atoms with Crippen LogP contribution in [0.4, 0.5) is 10.1 Å². The maximum absolute atomic E-state index is 13.1. The molecule has 2 aromatic rings. The third kappa shape index (κ3) is 4.30. The van der Waals surface area contributed by atoms with Crippen molar-refractivity contribution in [3.63, 3.8) is 0 Å². The molecule has 0 aliphatic carbocycles. The van der Waals surface area contributed by atoms with Crippen molar-refractivity contribution in [2.24, 2.45) is 0 Å². The zero-order valence-electron chi connectivity index (χ0n) is 16.3. The molecule has 2 amide bonds. The topological polar surface area (TPSA) is 56.8 Å². The Kier molecular flexibility index (Phi) is 6.23. The number of nitrogens with zero attached hydrogens (tertiary/aromatic N) is 4. The molecule has 1 aromatic carbocycles. The maximum Gasteiger partial charge on any atom is 0.272 e. The Morgan fingerprint density at radius 3 is 2.18 bits per heavy atom. The van der Waals surface area contributed by atoms with E-state index in [1.807, 2.05) is 13.8 Å². The molecule has 148 valence electrons. The van der Waals surface area contributed by atoms with Crippen molar-refractivity contribution in [3.05, 3.63) is 59.7 Å². The number of carbonyl (C=O) groups is 2. The largest absolute Gasteiger partial charge is 0.368 e. The second-order valence-corrected chi connectivity index (χ2v) is 6.64. The number of hydrogen-bond donors (Lipinski definition) is 0. The van der Waals surface area contributed by atoms with E-state index in [-0.39, 0.29) is 23.3 Å². The van der Waals surface area contributed by atoms with Gasteiger partial charge in [-0.2, -0.15) is 0 Å². The number of hydrogen-bond acceptors (Lipinski definition) is 4. The lowest BCUT2D eigenvalue weighted by Crippen LogP contribution is -2.49. The van der Waals surface area contributed by atoms with Gasteiger partial charge in [0.15, 0.2) is 0 Å². The van der Waals surface area contributed by atoms with E-state index in [0.29, 0.717) is 45.0 Å². The number of aromatic nitrogens is 1. The average molecular weight is 384 g/mol. The highest BCUT2D eigenvalue weighted by atomic mass is 19.1. The van der Waals surface area contributed by atoms with Crippen molar-refractivity contribution in [1.82, 2.24) is 14.8 Å². The van der Waals surface area contributed by atoms with Crippen LogP contribution in [0.15, 0.2) is 42.5 Å². The van der Waals surface area contributed by atoms with Crippen LogP contribution in [0, 0.1) is 5.82 Å². The van der Waals surface area contributed by atoms with Crippen molar-refractivity contribution in [2.45, 2.75) is 13.8 Å². The first-order valence-corrected chi connectivity index (χ1v) is 9.59. The Labute approximate surface area is 164 Å². The first kappa shape index (κ1) is 19.8. The Hall–Kier alpha value is -2.96. The highest BCUT2D eigenvalue weighted by Crippen LogP contribution is 2.18. The minimum Gasteiger partial charge on any atom is -0.368 e. The molecule has 0 unspecified atom stereocenters. The van der Waals surface area contributed by atoms with Crippen molar-refractivity contribution in [1.29, 1.82) is 0 Å². The summed E-state index contributed by atoms with van der Waals surface area (Å²) >= 11 is 0. The number of rotatable bonds is 5. The molecule has 3 rings (SSSR count). The van der Waals surface area contributed by atoms with Gasteiger partial charge in [0.05, 0.1) is 0 Å². The molecule has 0 atom stereocenters. The van der Waals surface area contributed by atoms with Gasteiger partial charge in [-0.1, -0.05) is 6.07 Å². The summed E-state index contributed by atoms with van der Waals surface area (Å²) in [7, 11) is 0. The summed E-state index contributed by atoms with van der Waals surface area (Å²) < 4.78 is 13.1. The predicted molar refractivity (Wildman–Crippen MR) is 106 cm³/mol. The van der Waals surface area contributed by atoms with Crippen LogP contribution in [0.1, 0.15) is 34.8 Å². The van der Waals surface area contributed by atoms with Gasteiger partial charge in [0.25, 0.3) is 11.8 Å². The zero-order chi connectivity index (χ0) is 20.1. The van der Waals surface area contributed by atoms with Crippen molar-refractivity contribution >= 4 is 17.5 Å². The molecule has 1 saturated heterocycles. The van der Waals surface area contributed by atoms with Crippen LogP contribution in [0.3, 0.4) is 0 Å². The van der Waals surface area contributed by atoms with Crippen LogP contribution < -0.4 is 4.90 Å². The lowest BCUT2D eigenvalue weighted by Gasteiger charge is -2.36. The molecule has 0 saturated carbocycles. The molecule has 7 heteroatoms. The van der Waals surface area contributed by atoms with E-state index >= 15 is 0 Å². The van der Waals surface area contributed by atoms with Crippen molar-refractivity contribution in [3.8, 4) is 0 Å². The molecule has 1 aliphatic rings. The van der Waals surface area contributed by atoms with Gasteiger partial charge in [0.1, 0.15) is 17.2 Å². The van der Waals surface area contributed by atoms with Gasteiger partial charge in [-0.25, -0.2) is 9.37 Å². The van der Waals surface area contributed by atoms with Gasteiger partial charge in [0, 0.05) is 45.0 Å². The van der Waals surface area contributed by atoms with Crippen LogP contribution in [0.2, 0.25) is 0 Å². The predicted octanol–water partition coefficient (Wildman–Crippen LogP) is 2.67. The zero-order valence-corrected chi connectivity index (χ0v) is 16.3. The van der Waals surface area contributed by atoms with E-state index in [4.69, 9.17) is 0 Å². The fourth-order valence-corrected chi connectivity index (χ4v) is 3.33. The molecule has 28 heavy (non-hydrogen) atoms. The highest BCUT2D eigenvalue weighted by molar-refractivity contribution is 5.96. The van der Waals surface area contributed by atoms with Crippen LogP contribution in [-0.4, -0.2) is 65.9 Å². The third-order valence-electron chi connectivity index (χ3n) is 5.00. The number of carbonyl (C=O) groups excluding carboxylic acids is 2. The smallest absolute Gasteiger partial charge is 0.272 e. The lowest BCUT2D eigenvalue weighted by molar-refractivity contribution is 0.0739. The Bertz CT molecular complexity index is 829. The van der Waals surface area contributed by atoms with E-state index in [1.54, 1.807) is 40.1 Å². The molecule has 1 aliphatic heterocycles. The lowest BCUT2D eigenvalue weighted by atomic mass is 10.2. The Morgan fingerprint density at radius 1 is 0.964 bits per heavy atom.